The van der Waals surface area contributed by atoms with Crippen LogP contribution < -0.4 is 15.0 Å². The maximum absolute atomic E-state index is 5.23. The van der Waals surface area contributed by atoms with E-state index in [4.69, 9.17) is 4.74 Å². The van der Waals surface area contributed by atoms with Crippen molar-refractivity contribution in [3.63, 3.8) is 0 Å². The van der Waals surface area contributed by atoms with E-state index in [9.17, 15) is 0 Å². The summed E-state index contributed by atoms with van der Waals surface area (Å²) in [5.41, 5.74) is 0. The Hall–Kier alpha value is -1.07. The van der Waals surface area contributed by atoms with Gasteiger partial charge in [0.05, 0.1) is 12.0 Å². The van der Waals surface area contributed by atoms with Crippen LogP contribution >= 0.6 is 11.3 Å². The fourth-order valence-electron chi connectivity index (χ4n) is 1.14. The number of hydrogen-bond acceptors (Lipinski definition) is 5. The van der Waals surface area contributed by atoms with E-state index in [1.54, 1.807) is 18.4 Å². The monoisotopic (exact) mass is 241 g/mol. The molecule has 0 aliphatic rings. The van der Waals surface area contributed by atoms with Gasteiger partial charge in [0.2, 0.25) is 5.88 Å². The van der Waals surface area contributed by atoms with Crippen LogP contribution in [0.5, 0.6) is 5.88 Å². The molecule has 90 valence electrons. The zero-order valence-electron chi connectivity index (χ0n) is 10.3. The van der Waals surface area contributed by atoms with Crippen molar-refractivity contribution in [1.82, 2.24) is 10.3 Å². The average Bonchev–Trinajstić information content (AvgIpc) is 2.68. The van der Waals surface area contributed by atoms with Gasteiger partial charge in [0, 0.05) is 20.6 Å². The summed E-state index contributed by atoms with van der Waals surface area (Å²) in [6.07, 6.45) is 4.13. The number of hydrogen-bond donors (Lipinski definition) is 1. The summed E-state index contributed by atoms with van der Waals surface area (Å²) in [4.78, 5) is 7.42. The van der Waals surface area contributed by atoms with E-state index in [0.717, 1.165) is 23.1 Å². The number of ether oxygens (including phenoxy) is 1. The Balaban J connectivity index is 2.73. The van der Waals surface area contributed by atoms with Crippen molar-refractivity contribution in [1.29, 1.82) is 0 Å². The van der Waals surface area contributed by atoms with Gasteiger partial charge >= 0.3 is 0 Å². The van der Waals surface area contributed by atoms with Gasteiger partial charge in [-0.2, -0.15) is 4.98 Å². The molecule has 0 amide bonds. The van der Waals surface area contributed by atoms with Gasteiger partial charge in [-0.05, 0) is 12.6 Å². The summed E-state index contributed by atoms with van der Waals surface area (Å²) in [6, 6.07) is 0. The minimum atomic E-state index is 0.696. The molecule has 16 heavy (non-hydrogen) atoms. The zero-order chi connectivity index (χ0) is 12.0. The van der Waals surface area contributed by atoms with Crippen LogP contribution in [0.2, 0.25) is 0 Å². The second kappa shape index (κ2) is 6.50. The van der Waals surface area contributed by atoms with Gasteiger partial charge in [-0.25, -0.2) is 0 Å². The third-order valence-corrected chi connectivity index (χ3v) is 3.14. The van der Waals surface area contributed by atoms with Gasteiger partial charge in [0.25, 0.3) is 0 Å². The molecule has 1 aromatic rings. The number of rotatable bonds is 6. The molecule has 0 fully saturated rings. The lowest BCUT2D eigenvalue weighted by Crippen LogP contribution is -2.11. The minimum absolute atomic E-state index is 0.696. The lowest BCUT2D eigenvalue weighted by atomic mass is 10.4. The van der Waals surface area contributed by atoms with E-state index in [2.05, 4.69) is 23.3 Å². The first kappa shape index (κ1) is 13.0. The number of likely N-dealkylation sites (N-methyl/N-ethyl adjacent to an activating group) is 1. The molecule has 0 radical (unpaired) electrons. The van der Waals surface area contributed by atoms with Crippen LogP contribution in [0.25, 0.3) is 6.08 Å². The van der Waals surface area contributed by atoms with Crippen LogP contribution in [-0.2, 0) is 0 Å². The highest BCUT2D eigenvalue weighted by atomic mass is 32.1. The smallest absolute Gasteiger partial charge is 0.233 e. The van der Waals surface area contributed by atoms with E-state index in [-0.39, 0.29) is 0 Å². The normalized spacial score (nSPS) is 11.0. The molecule has 0 saturated heterocycles. The van der Waals surface area contributed by atoms with Crippen molar-refractivity contribution in [2.45, 2.75) is 6.92 Å². The summed E-state index contributed by atoms with van der Waals surface area (Å²) in [6.45, 7) is 3.94. The lowest BCUT2D eigenvalue weighted by Gasteiger charge is -2.04. The first-order valence-corrected chi connectivity index (χ1v) is 6.10. The quantitative estimate of drug-likeness (QED) is 0.771. The second-order valence-corrected chi connectivity index (χ2v) is 4.48. The lowest BCUT2D eigenvalue weighted by molar-refractivity contribution is 0.400. The predicted octanol–water partition coefficient (Wildman–Crippen LogP) is 1.84. The Bertz CT molecular complexity index is 347. The summed E-state index contributed by atoms with van der Waals surface area (Å²) in [5, 5.41) is 4.19. The van der Waals surface area contributed by atoms with Crippen molar-refractivity contribution < 1.29 is 4.74 Å². The highest BCUT2D eigenvalue weighted by molar-refractivity contribution is 7.16. The first-order chi connectivity index (χ1) is 7.69. The van der Waals surface area contributed by atoms with Gasteiger partial charge in [0.15, 0.2) is 5.13 Å². The Morgan fingerprint density at radius 3 is 2.81 bits per heavy atom. The van der Waals surface area contributed by atoms with Gasteiger partial charge in [0.1, 0.15) is 0 Å². The van der Waals surface area contributed by atoms with Gasteiger partial charge in [-0.1, -0.05) is 24.3 Å². The first-order valence-electron chi connectivity index (χ1n) is 5.28. The minimum Gasteiger partial charge on any atom is -0.480 e. The maximum atomic E-state index is 5.23. The van der Waals surface area contributed by atoms with Crippen molar-refractivity contribution in [2.75, 3.05) is 39.2 Å². The van der Waals surface area contributed by atoms with Gasteiger partial charge in [-0.15, -0.1) is 0 Å². The van der Waals surface area contributed by atoms with Crippen molar-refractivity contribution in [2.24, 2.45) is 0 Å². The van der Waals surface area contributed by atoms with E-state index in [0.29, 0.717) is 5.88 Å². The third-order valence-electron chi connectivity index (χ3n) is 1.97. The summed E-state index contributed by atoms with van der Waals surface area (Å²) in [5.74, 6) is 0.696. The molecule has 0 spiro atoms. The van der Waals surface area contributed by atoms with Crippen molar-refractivity contribution in [3.8, 4) is 5.88 Å². The molecule has 0 unspecified atom stereocenters. The topological polar surface area (TPSA) is 37.4 Å². The molecule has 1 aromatic heterocycles. The fourth-order valence-corrected chi connectivity index (χ4v) is 2.03. The number of thiazole rings is 1. The molecular formula is C11H19N3OS. The Labute approximate surface area is 101 Å². The maximum Gasteiger partial charge on any atom is 0.233 e. The molecule has 0 aliphatic heterocycles. The molecule has 0 aromatic carbocycles. The number of anilines is 1. The van der Waals surface area contributed by atoms with Crippen LogP contribution in [-0.4, -0.2) is 39.3 Å². The van der Waals surface area contributed by atoms with E-state index < -0.39 is 0 Å². The zero-order valence-corrected chi connectivity index (χ0v) is 11.1. The van der Waals surface area contributed by atoms with Crippen molar-refractivity contribution >= 4 is 22.5 Å². The Morgan fingerprint density at radius 1 is 1.50 bits per heavy atom. The summed E-state index contributed by atoms with van der Waals surface area (Å²) >= 11 is 1.63. The number of aromatic nitrogens is 1. The molecule has 1 N–H and O–H groups in total. The van der Waals surface area contributed by atoms with Crippen LogP contribution in [0.15, 0.2) is 6.08 Å². The SMILES string of the molecule is CCNCC=Cc1sc(N(C)C)nc1OC. The van der Waals surface area contributed by atoms with Crippen LogP contribution in [0.4, 0.5) is 5.13 Å². The molecule has 0 aliphatic carbocycles. The Kier molecular flexibility index (Phi) is 5.28. The van der Waals surface area contributed by atoms with Crippen molar-refractivity contribution in [3.05, 3.63) is 11.0 Å². The van der Waals surface area contributed by atoms with Gasteiger partial charge in [-0.3, -0.25) is 0 Å². The van der Waals surface area contributed by atoms with E-state index in [1.807, 2.05) is 25.1 Å². The average molecular weight is 241 g/mol. The summed E-state index contributed by atoms with van der Waals surface area (Å²) in [7, 11) is 5.60. The summed E-state index contributed by atoms with van der Waals surface area (Å²) < 4.78 is 5.23. The van der Waals surface area contributed by atoms with E-state index in [1.165, 1.54) is 0 Å². The molecule has 1 heterocycles. The van der Waals surface area contributed by atoms with E-state index >= 15 is 0 Å². The molecule has 0 saturated carbocycles. The number of nitrogens with one attached hydrogen (secondary N) is 1. The fraction of sp³-hybridized carbons (Fsp3) is 0.545. The second-order valence-electron chi connectivity index (χ2n) is 3.47. The largest absolute Gasteiger partial charge is 0.480 e. The Morgan fingerprint density at radius 2 is 2.25 bits per heavy atom. The highest BCUT2D eigenvalue weighted by Gasteiger charge is 2.09. The predicted molar refractivity (Wildman–Crippen MR) is 70.6 cm³/mol. The number of nitrogens with zero attached hydrogens (tertiary/aromatic N) is 2. The molecule has 5 heteroatoms. The highest BCUT2D eigenvalue weighted by Crippen LogP contribution is 2.31. The molecule has 1 rings (SSSR count). The molecule has 4 nitrogen and oxygen atoms in total. The van der Waals surface area contributed by atoms with Crippen LogP contribution in [0.1, 0.15) is 11.8 Å². The van der Waals surface area contributed by atoms with Gasteiger partial charge < -0.3 is 15.0 Å². The standard InChI is InChI=1S/C11H19N3OS/c1-5-12-8-6-7-9-10(15-4)13-11(16-9)14(2)3/h6-7,12H,5,8H2,1-4H3. The number of methoxy groups -OCH3 is 1. The third kappa shape index (κ3) is 3.50. The van der Waals surface area contributed by atoms with Crippen LogP contribution in [0.3, 0.4) is 0 Å². The van der Waals surface area contributed by atoms with Crippen LogP contribution in [0, 0.1) is 0 Å². The molecule has 0 atom stereocenters. The molecular weight excluding hydrogens is 222 g/mol. The molecule has 0 bridgehead atoms.